The molecule has 32 heavy (non-hydrogen) atoms. The Labute approximate surface area is 193 Å². The predicted molar refractivity (Wildman–Crippen MR) is 123 cm³/mol. The van der Waals surface area contributed by atoms with Crippen molar-refractivity contribution in [3.63, 3.8) is 0 Å². The average Bonchev–Trinajstić information content (AvgIpc) is 2.72. The molecular weight excluding hydrogens is 454 g/mol. The number of carbonyl (C=O) groups excluding carboxylic acids is 2. The van der Waals surface area contributed by atoms with E-state index >= 15 is 0 Å². The molecule has 3 rings (SSSR count). The normalized spacial score (nSPS) is 19.7. The lowest BCUT2D eigenvalue weighted by Crippen LogP contribution is -2.70. The molecule has 1 fully saturated rings. The summed E-state index contributed by atoms with van der Waals surface area (Å²) in [4.78, 5) is 28.0. The fourth-order valence-electron chi connectivity index (χ4n) is 3.72. The van der Waals surface area contributed by atoms with Crippen LogP contribution < -0.4 is 15.0 Å². The monoisotopic (exact) mass is 479 g/mol. The van der Waals surface area contributed by atoms with Crippen molar-refractivity contribution in [1.82, 2.24) is 9.62 Å². The topological polar surface area (TPSA) is 96.0 Å². The summed E-state index contributed by atoms with van der Waals surface area (Å²) in [6.45, 7) is 3.05. The van der Waals surface area contributed by atoms with Crippen LogP contribution in [0.2, 0.25) is 5.02 Å². The highest BCUT2D eigenvalue weighted by Gasteiger charge is 2.51. The molecule has 1 N–H and O–H groups in total. The summed E-state index contributed by atoms with van der Waals surface area (Å²) in [5, 5.41) is 3.41. The van der Waals surface area contributed by atoms with Crippen molar-refractivity contribution in [2.24, 2.45) is 0 Å². The molecule has 0 saturated carbocycles. The number of carbonyl (C=O) groups is 2. The molecule has 1 atom stereocenters. The number of piperazine rings is 1. The number of anilines is 1. The number of ether oxygens (including phenoxy) is 1. The SMILES string of the molecule is COc1ccc(C)cc1N1C(=O)CN(S(C)(=O)=O)CC1(C)C(=O)NCc1ccc(Cl)cc1. The number of rotatable bonds is 6. The number of aryl methyl sites for hydroxylation is 1. The van der Waals surface area contributed by atoms with E-state index in [0.717, 1.165) is 21.7 Å². The molecule has 8 nitrogen and oxygen atoms in total. The lowest BCUT2D eigenvalue weighted by atomic mass is 9.94. The molecule has 1 heterocycles. The van der Waals surface area contributed by atoms with E-state index in [1.54, 1.807) is 43.3 Å². The van der Waals surface area contributed by atoms with Crippen molar-refractivity contribution < 1.29 is 22.7 Å². The number of amides is 2. The lowest BCUT2D eigenvalue weighted by Gasteiger charge is -2.46. The van der Waals surface area contributed by atoms with Crippen molar-refractivity contribution in [3.05, 3.63) is 58.6 Å². The van der Waals surface area contributed by atoms with Crippen molar-refractivity contribution in [1.29, 1.82) is 0 Å². The van der Waals surface area contributed by atoms with Crippen LogP contribution in [0.1, 0.15) is 18.1 Å². The van der Waals surface area contributed by atoms with Gasteiger partial charge in [0.15, 0.2) is 0 Å². The Balaban J connectivity index is 2.02. The van der Waals surface area contributed by atoms with E-state index in [-0.39, 0.29) is 19.6 Å². The number of methoxy groups -OCH3 is 1. The van der Waals surface area contributed by atoms with E-state index in [0.29, 0.717) is 16.5 Å². The molecule has 0 aromatic heterocycles. The van der Waals surface area contributed by atoms with Gasteiger partial charge in [-0.05, 0) is 49.2 Å². The van der Waals surface area contributed by atoms with Crippen LogP contribution in [0.5, 0.6) is 5.75 Å². The quantitative estimate of drug-likeness (QED) is 0.686. The van der Waals surface area contributed by atoms with Gasteiger partial charge in [0.2, 0.25) is 21.8 Å². The number of hydrogen-bond donors (Lipinski definition) is 1. The zero-order valence-electron chi connectivity index (χ0n) is 18.4. The summed E-state index contributed by atoms with van der Waals surface area (Å²) in [7, 11) is -2.23. The standard InChI is InChI=1S/C22H26ClN3O5S/c1-15-5-10-19(31-3)18(11-15)26-20(27)13-25(32(4,29)30)14-22(26,2)21(28)24-12-16-6-8-17(23)9-7-16/h5-11H,12-14H2,1-4H3,(H,24,28). The first-order valence-electron chi connectivity index (χ1n) is 9.91. The average molecular weight is 480 g/mol. The van der Waals surface area contributed by atoms with Crippen LogP contribution in [0.3, 0.4) is 0 Å². The molecule has 1 unspecified atom stereocenters. The number of benzene rings is 2. The van der Waals surface area contributed by atoms with Gasteiger partial charge in [-0.15, -0.1) is 0 Å². The fourth-order valence-corrected chi connectivity index (χ4v) is 4.68. The molecule has 1 saturated heterocycles. The molecule has 2 aromatic rings. The summed E-state index contributed by atoms with van der Waals surface area (Å²) in [6.07, 6.45) is 1.02. The van der Waals surface area contributed by atoms with Gasteiger partial charge in [-0.2, -0.15) is 4.31 Å². The van der Waals surface area contributed by atoms with E-state index in [4.69, 9.17) is 16.3 Å². The second kappa shape index (κ2) is 9.09. The van der Waals surface area contributed by atoms with Gasteiger partial charge >= 0.3 is 0 Å². The minimum absolute atomic E-state index is 0.192. The number of sulfonamides is 1. The number of halogens is 1. The number of nitrogens with one attached hydrogen (secondary N) is 1. The Bertz CT molecular complexity index is 1140. The van der Waals surface area contributed by atoms with Crippen LogP contribution in [0.15, 0.2) is 42.5 Å². The molecule has 0 bridgehead atoms. The summed E-state index contributed by atoms with van der Waals surface area (Å²) >= 11 is 5.92. The van der Waals surface area contributed by atoms with E-state index in [9.17, 15) is 18.0 Å². The van der Waals surface area contributed by atoms with E-state index in [1.165, 1.54) is 12.0 Å². The molecule has 2 aromatic carbocycles. The fraction of sp³-hybridized carbons (Fsp3) is 0.364. The third-order valence-corrected chi connectivity index (χ3v) is 6.89. The second-order valence-electron chi connectivity index (χ2n) is 8.02. The smallest absolute Gasteiger partial charge is 0.247 e. The van der Waals surface area contributed by atoms with Crippen molar-refractivity contribution in [2.75, 3.05) is 31.4 Å². The van der Waals surface area contributed by atoms with E-state index < -0.39 is 27.4 Å². The minimum Gasteiger partial charge on any atom is -0.495 e. The van der Waals surface area contributed by atoms with Crippen LogP contribution in [0, 0.1) is 6.92 Å². The van der Waals surface area contributed by atoms with Crippen LogP contribution in [-0.2, 0) is 26.2 Å². The van der Waals surface area contributed by atoms with Crippen LogP contribution >= 0.6 is 11.6 Å². The van der Waals surface area contributed by atoms with E-state index in [2.05, 4.69) is 5.32 Å². The molecule has 0 aliphatic carbocycles. The van der Waals surface area contributed by atoms with Crippen molar-refractivity contribution in [2.45, 2.75) is 25.9 Å². The molecule has 1 aliphatic heterocycles. The Morgan fingerprint density at radius 2 is 1.88 bits per heavy atom. The second-order valence-corrected chi connectivity index (χ2v) is 10.4. The first kappa shape index (κ1) is 24.0. The number of hydrogen-bond acceptors (Lipinski definition) is 5. The molecule has 0 spiro atoms. The van der Waals surface area contributed by atoms with Crippen LogP contribution in [0.25, 0.3) is 0 Å². The maximum Gasteiger partial charge on any atom is 0.247 e. The summed E-state index contributed by atoms with van der Waals surface area (Å²) < 4.78 is 31.0. The van der Waals surface area contributed by atoms with E-state index in [1.807, 2.05) is 13.0 Å². The Hall–Kier alpha value is -2.62. The highest BCUT2D eigenvalue weighted by atomic mass is 35.5. The lowest BCUT2D eigenvalue weighted by molar-refractivity contribution is -0.133. The third kappa shape index (κ3) is 4.90. The summed E-state index contributed by atoms with van der Waals surface area (Å²) in [5.41, 5.74) is 0.581. The molecule has 172 valence electrons. The molecule has 2 amide bonds. The van der Waals surface area contributed by atoms with Gasteiger partial charge < -0.3 is 10.1 Å². The molecule has 1 aliphatic rings. The van der Waals surface area contributed by atoms with Crippen molar-refractivity contribution in [3.8, 4) is 5.75 Å². The van der Waals surface area contributed by atoms with Gasteiger partial charge in [-0.1, -0.05) is 29.8 Å². The Morgan fingerprint density at radius 1 is 1.22 bits per heavy atom. The number of nitrogens with zero attached hydrogens (tertiary/aromatic N) is 2. The van der Waals surface area contributed by atoms with Gasteiger partial charge in [-0.25, -0.2) is 8.42 Å². The first-order valence-corrected chi connectivity index (χ1v) is 12.1. The molecule has 10 heteroatoms. The maximum atomic E-state index is 13.5. The summed E-state index contributed by atoms with van der Waals surface area (Å²) in [5.74, 6) is -0.596. The van der Waals surface area contributed by atoms with Crippen LogP contribution in [-0.4, -0.2) is 56.5 Å². The van der Waals surface area contributed by atoms with Gasteiger partial charge in [-0.3, -0.25) is 14.5 Å². The third-order valence-electron chi connectivity index (χ3n) is 5.44. The Morgan fingerprint density at radius 3 is 2.47 bits per heavy atom. The maximum absolute atomic E-state index is 13.5. The van der Waals surface area contributed by atoms with Gasteiger partial charge in [0.05, 0.1) is 25.6 Å². The minimum atomic E-state index is -3.70. The van der Waals surface area contributed by atoms with Gasteiger partial charge in [0, 0.05) is 18.1 Å². The zero-order chi connectivity index (χ0) is 23.7. The zero-order valence-corrected chi connectivity index (χ0v) is 20.0. The highest BCUT2D eigenvalue weighted by molar-refractivity contribution is 7.88. The summed E-state index contributed by atoms with van der Waals surface area (Å²) in [6, 6.07) is 12.3. The first-order chi connectivity index (χ1) is 15.0. The Kier molecular flexibility index (Phi) is 6.83. The van der Waals surface area contributed by atoms with Gasteiger partial charge in [0.1, 0.15) is 11.3 Å². The largest absolute Gasteiger partial charge is 0.495 e. The predicted octanol–water partition coefficient (Wildman–Crippen LogP) is 2.34. The molecular formula is C22H26ClN3O5S. The highest BCUT2D eigenvalue weighted by Crippen LogP contribution is 2.37. The van der Waals surface area contributed by atoms with Gasteiger partial charge in [0.25, 0.3) is 0 Å². The van der Waals surface area contributed by atoms with Crippen LogP contribution in [0.4, 0.5) is 5.69 Å². The molecule has 0 radical (unpaired) electrons. The van der Waals surface area contributed by atoms with Crippen molar-refractivity contribution >= 4 is 39.1 Å².